The van der Waals surface area contributed by atoms with Gasteiger partial charge in [0.25, 0.3) is 0 Å². The molecule has 0 spiro atoms. The maximum absolute atomic E-state index is 6.05. The minimum absolute atomic E-state index is 0.0971. The van der Waals surface area contributed by atoms with E-state index in [0.29, 0.717) is 0 Å². The summed E-state index contributed by atoms with van der Waals surface area (Å²) in [4.78, 5) is 0. The number of nitrogens with one attached hydrogen (secondary N) is 1. The molecule has 0 aliphatic carbocycles. The van der Waals surface area contributed by atoms with Crippen LogP contribution >= 0.6 is 0 Å². The van der Waals surface area contributed by atoms with Crippen LogP contribution in [0.3, 0.4) is 0 Å². The molecular weight excluding hydrogens is 234 g/mol. The quantitative estimate of drug-likeness (QED) is 0.866. The van der Waals surface area contributed by atoms with Crippen molar-refractivity contribution in [1.29, 1.82) is 0 Å². The minimum Gasteiger partial charge on any atom is -0.376 e. The van der Waals surface area contributed by atoms with E-state index in [4.69, 9.17) is 4.74 Å². The number of rotatable bonds is 5. The summed E-state index contributed by atoms with van der Waals surface area (Å²) in [7, 11) is 2.02. The Morgan fingerprint density at radius 3 is 2.32 bits per heavy atom. The summed E-state index contributed by atoms with van der Waals surface area (Å²) in [6.45, 7) is 13.8. The minimum atomic E-state index is 0.0971. The van der Waals surface area contributed by atoms with Gasteiger partial charge in [0.15, 0.2) is 0 Å². The van der Waals surface area contributed by atoms with E-state index in [1.807, 2.05) is 7.05 Å². The number of benzene rings is 1. The molecule has 2 unspecified atom stereocenters. The topological polar surface area (TPSA) is 21.3 Å². The molecule has 2 heteroatoms. The molecule has 1 aromatic carbocycles. The van der Waals surface area contributed by atoms with Crippen molar-refractivity contribution in [3.8, 4) is 0 Å². The number of likely N-dealkylation sites (N-methyl/N-ethyl adjacent to an activating group) is 1. The predicted octanol–water partition coefficient (Wildman–Crippen LogP) is 4.02. The maximum atomic E-state index is 6.05. The number of ether oxygens (including phenoxy) is 1. The summed E-state index contributed by atoms with van der Waals surface area (Å²) < 4.78 is 6.05. The zero-order valence-electron chi connectivity index (χ0n) is 13.5. The van der Waals surface area contributed by atoms with Gasteiger partial charge in [-0.3, -0.25) is 0 Å². The van der Waals surface area contributed by atoms with E-state index in [-0.39, 0.29) is 17.6 Å². The lowest BCUT2D eigenvalue weighted by Gasteiger charge is -2.37. The summed E-state index contributed by atoms with van der Waals surface area (Å²) in [6.07, 6.45) is 0.156. The lowest BCUT2D eigenvalue weighted by molar-refractivity contribution is -0.0352. The van der Waals surface area contributed by atoms with Gasteiger partial charge in [0.05, 0.1) is 12.1 Å². The number of hydrogen-bond donors (Lipinski definition) is 1. The lowest BCUT2D eigenvalue weighted by atomic mass is 9.80. The van der Waals surface area contributed by atoms with Crippen LogP contribution in [0.2, 0.25) is 0 Å². The van der Waals surface area contributed by atoms with Crippen molar-refractivity contribution >= 4 is 0 Å². The van der Waals surface area contributed by atoms with Crippen LogP contribution in [-0.2, 0) is 4.74 Å². The van der Waals surface area contributed by atoms with Crippen LogP contribution in [0.15, 0.2) is 18.2 Å². The molecule has 19 heavy (non-hydrogen) atoms. The third-order valence-electron chi connectivity index (χ3n) is 3.58. The Kier molecular flexibility index (Phi) is 5.57. The van der Waals surface area contributed by atoms with Crippen LogP contribution in [0.25, 0.3) is 0 Å². The van der Waals surface area contributed by atoms with Gasteiger partial charge in [0.1, 0.15) is 0 Å². The van der Waals surface area contributed by atoms with Gasteiger partial charge in [-0.2, -0.15) is 0 Å². The molecular formula is C17H29NO. The Morgan fingerprint density at radius 1 is 1.21 bits per heavy atom. The molecule has 0 amide bonds. The first-order valence-corrected chi connectivity index (χ1v) is 7.17. The van der Waals surface area contributed by atoms with Gasteiger partial charge in [0.2, 0.25) is 0 Å². The van der Waals surface area contributed by atoms with Crippen molar-refractivity contribution in [2.24, 2.45) is 5.41 Å². The molecule has 1 N–H and O–H groups in total. The van der Waals surface area contributed by atoms with E-state index in [1.54, 1.807) is 0 Å². The van der Waals surface area contributed by atoms with Crippen molar-refractivity contribution in [3.05, 3.63) is 34.9 Å². The van der Waals surface area contributed by atoms with Crippen molar-refractivity contribution in [3.63, 3.8) is 0 Å². The molecule has 2 atom stereocenters. The third-order valence-corrected chi connectivity index (χ3v) is 3.58. The Morgan fingerprint density at radius 2 is 1.84 bits per heavy atom. The first kappa shape index (κ1) is 16.2. The average Bonchev–Trinajstić information content (AvgIpc) is 2.32. The summed E-state index contributed by atoms with van der Waals surface area (Å²) in [5, 5.41) is 3.45. The molecule has 2 nitrogen and oxygen atoms in total. The summed E-state index contributed by atoms with van der Waals surface area (Å²) in [5.41, 5.74) is 4.06. The van der Waals surface area contributed by atoms with Gasteiger partial charge in [-0.05, 0) is 44.4 Å². The highest BCUT2D eigenvalue weighted by atomic mass is 16.5. The second kappa shape index (κ2) is 6.53. The molecule has 1 aromatic rings. The van der Waals surface area contributed by atoms with Crippen LogP contribution < -0.4 is 5.32 Å². The second-order valence-corrected chi connectivity index (χ2v) is 6.37. The highest BCUT2D eigenvalue weighted by Gasteiger charge is 2.33. The van der Waals surface area contributed by atoms with Crippen molar-refractivity contribution in [2.45, 2.75) is 53.7 Å². The normalized spacial score (nSPS) is 15.3. The third kappa shape index (κ3) is 4.05. The highest BCUT2D eigenvalue weighted by Crippen LogP contribution is 2.34. The number of hydrogen-bond acceptors (Lipinski definition) is 2. The maximum Gasteiger partial charge on any atom is 0.0817 e. The van der Waals surface area contributed by atoms with E-state index < -0.39 is 0 Å². The molecule has 0 fully saturated rings. The summed E-state index contributed by atoms with van der Waals surface area (Å²) >= 11 is 0. The molecule has 0 bridgehead atoms. The zero-order valence-corrected chi connectivity index (χ0v) is 13.5. The van der Waals surface area contributed by atoms with Crippen LogP contribution in [0.4, 0.5) is 0 Å². The van der Waals surface area contributed by atoms with Gasteiger partial charge >= 0.3 is 0 Å². The summed E-state index contributed by atoms with van der Waals surface area (Å²) in [6, 6.07) is 6.85. The molecule has 108 valence electrons. The Labute approximate surface area is 118 Å². The van der Waals surface area contributed by atoms with Crippen molar-refractivity contribution in [2.75, 3.05) is 13.7 Å². The Balaban J connectivity index is 3.19. The predicted molar refractivity (Wildman–Crippen MR) is 82.6 cm³/mol. The van der Waals surface area contributed by atoms with E-state index in [1.165, 1.54) is 16.7 Å². The van der Waals surface area contributed by atoms with Gasteiger partial charge in [0, 0.05) is 6.61 Å². The van der Waals surface area contributed by atoms with Crippen LogP contribution in [-0.4, -0.2) is 19.8 Å². The van der Waals surface area contributed by atoms with Crippen LogP contribution in [0.1, 0.15) is 50.4 Å². The standard InChI is InChI=1S/C17H29NO/c1-8-19-16(17(4,5)6)15(18-7)14-11-12(2)9-10-13(14)3/h9-11,15-16,18H,8H2,1-7H3. The summed E-state index contributed by atoms with van der Waals surface area (Å²) in [5.74, 6) is 0. The van der Waals surface area contributed by atoms with Gasteiger partial charge in [-0.1, -0.05) is 44.5 Å². The molecule has 0 aliphatic rings. The van der Waals surface area contributed by atoms with Crippen LogP contribution in [0.5, 0.6) is 0 Å². The average molecular weight is 263 g/mol. The highest BCUT2D eigenvalue weighted by molar-refractivity contribution is 5.34. The first-order valence-electron chi connectivity index (χ1n) is 7.17. The monoisotopic (exact) mass is 263 g/mol. The van der Waals surface area contributed by atoms with E-state index in [2.05, 4.69) is 65.1 Å². The molecule has 0 radical (unpaired) electrons. The molecule has 0 heterocycles. The Hall–Kier alpha value is -0.860. The largest absolute Gasteiger partial charge is 0.376 e. The molecule has 0 saturated carbocycles. The fourth-order valence-electron chi connectivity index (χ4n) is 2.59. The molecule has 0 aromatic heterocycles. The molecule has 1 rings (SSSR count). The van der Waals surface area contributed by atoms with E-state index >= 15 is 0 Å². The second-order valence-electron chi connectivity index (χ2n) is 6.37. The fourth-order valence-corrected chi connectivity index (χ4v) is 2.59. The molecule has 0 aliphatic heterocycles. The van der Waals surface area contributed by atoms with Crippen molar-refractivity contribution in [1.82, 2.24) is 5.32 Å². The van der Waals surface area contributed by atoms with Gasteiger partial charge in [-0.25, -0.2) is 0 Å². The van der Waals surface area contributed by atoms with Gasteiger partial charge < -0.3 is 10.1 Å². The smallest absolute Gasteiger partial charge is 0.0817 e. The Bertz CT molecular complexity index is 406. The van der Waals surface area contributed by atoms with Crippen LogP contribution in [0, 0.1) is 19.3 Å². The number of aryl methyl sites for hydroxylation is 2. The lowest BCUT2D eigenvalue weighted by Crippen LogP contribution is -2.41. The first-order chi connectivity index (χ1) is 8.81. The SMILES string of the molecule is CCOC(C(NC)c1cc(C)ccc1C)C(C)(C)C. The van der Waals surface area contributed by atoms with E-state index in [9.17, 15) is 0 Å². The fraction of sp³-hybridized carbons (Fsp3) is 0.647. The molecule has 0 saturated heterocycles. The van der Waals surface area contributed by atoms with Gasteiger partial charge in [-0.15, -0.1) is 0 Å². The van der Waals surface area contributed by atoms with Crippen molar-refractivity contribution < 1.29 is 4.74 Å². The van der Waals surface area contributed by atoms with E-state index in [0.717, 1.165) is 6.61 Å². The zero-order chi connectivity index (χ0) is 14.6.